The summed E-state index contributed by atoms with van der Waals surface area (Å²) in [7, 11) is -3.57. The molecule has 112 valence electrons. The predicted octanol–water partition coefficient (Wildman–Crippen LogP) is 2.70. The van der Waals surface area contributed by atoms with Gasteiger partial charge in [-0.15, -0.1) is 0 Å². The number of carbonyl (C=O) groups excluding carboxylic acids is 1. The van der Waals surface area contributed by atoms with Crippen LogP contribution in [0.4, 0.5) is 0 Å². The van der Waals surface area contributed by atoms with Crippen LogP contribution in [-0.4, -0.2) is 31.7 Å². The lowest BCUT2D eigenvalue weighted by Crippen LogP contribution is -2.34. The van der Waals surface area contributed by atoms with E-state index < -0.39 is 10.0 Å². The monoisotopic (exact) mass is 315 g/mol. The molecule has 0 aliphatic rings. The molecule has 4 nitrogen and oxygen atoms in total. The van der Waals surface area contributed by atoms with Gasteiger partial charge in [-0.2, -0.15) is 11.8 Å². The summed E-state index contributed by atoms with van der Waals surface area (Å²) in [6.07, 6.45) is 0.362. The molecule has 0 spiro atoms. The molecule has 0 amide bonds. The van der Waals surface area contributed by atoms with Gasteiger partial charge in [0.15, 0.2) is 5.78 Å². The van der Waals surface area contributed by atoms with E-state index in [1.54, 1.807) is 30.8 Å². The molecular formula is C14H21NO3S2. The van der Waals surface area contributed by atoms with Gasteiger partial charge in [0.2, 0.25) is 10.0 Å². The van der Waals surface area contributed by atoms with Crippen LogP contribution in [0.15, 0.2) is 29.2 Å². The smallest absolute Gasteiger partial charge is 0.240 e. The zero-order chi connectivity index (χ0) is 15.2. The van der Waals surface area contributed by atoms with Crippen LogP contribution in [0.3, 0.4) is 0 Å². The minimum absolute atomic E-state index is 0.0587. The molecule has 0 radical (unpaired) electrons. The Balaban J connectivity index is 2.90. The molecule has 0 aromatic heterocycles. The average molecular weight is 315 g/mol. The van der Waals surface area contributed by atoms with E-state index in [1.165, 1.54) is 12.1 Å². The fourth-order valence-electron chi connectivity index (χ4n) is 1.70. The molecule has 1 unspecified atom stereocenters. The Labute approximate surface area is 125 Å². The lowest BCUT2D eigenvalue weighted by Gasteiger charge is -2.14. The number of ketones is 1. The standard InChI is InChI=1S/C14H21NO3S2/c1-4-14(16)12-7-6-8-13(9-12)20(17,18)15-11(3)10-19-5-2/h6-9,11,15H,4-5,10H2,1-3H3. The summed E-state index contributed by atoms with van der Waals surface area (Å²) in [5.74, 6) is 1.62. The van der Waals surface area contributed by atoms with E-state index in [0.29, 0.717) is 12.0 Å². The Morgan fingerprint density at radius 3 is 2.65 bits per heavy atom. The SMILES string of the molecule is CCSCC(C)NS(=O)(=O)c1cccc(C(=O)CC)c1. The van der Waals surface area contributed by atoms with E-state index in [2.05, 4.69) is 4.72 Å². The summed E-state index contributed by atoms with van der Waals surface area (Å²) in [6.45, 7) is 5.62. The summed E-state index contributed by atoms with van der Waals surface area (Å²) in [6, 6.07) is 6.04. The maximum Gasteiger partial charge on any atom is 0.240 e. The van der Waals surface area contributed by atoms with Gasteiger partial charge in [-0.25, -0.2) is 13.1 Å². The fraction of sp³-hybridized carbons (Fsp3) is 0.500. The van der Waals surface area contributed by atoms with Gasteiger partial charge in [-0.05, 0) is 24.8 Å². The number of hydrogen-bond donors (Lipinski definition) is 1. The predicted molar refractivity (Wildman–Crippen MR) is 83.8 cm³/mol. The van der Waals surface area contributed by atoms with Gasteiger partial charge in [0, 0.05) is 23.8 Å². The number of thioether (sulfide) groups is 1. The molecule has 0 fully saturated rings. The molecular weight excluding hydrogens is 294 g/mol. The molecule has 0 aliphatic heterocycles. The van der Waals surface area contributed by atoms with Crippen molar-refractivity contribution < 1.29 is 13.2 Å². The normalized spacial score (nSPS) is 13.2. The Bertz CT molecular complexity index is 555. The molecule has 0 aliphatic carbocycles. The third-order valence-electron chi connectivity index (χ3n) is 2.72. The highest BCUT2D eigenvalue weighted by Gasteiger charge is 2.18. The lowest BCUT2D eigenvalue weighted by molar-refractivity contribution is 0.0988. The van der Waals surface area contributed by atoms with Crippen molar-refractivity contribution in [2.75, 3.05) is 11.5 Å². The highest BCUT2D eigenvalue weighted by molar-refractivity contribution is 7.99. The van der Waals surface area contributed by atoms with Crippen LogP contribution in [0.5, 0.6) is 0 Å². The molecule has 1 rings (SSSR count). The first-order valence-electron chi connectivity index (χ1n) is 6.64. The van der Waals surface area contributed by atoms with Gasteiger partial charge in [-0.1, -0.05) is 26.0 Å². The molecule has 0 saturated heterocycles. The zero-order valence-corrected chi connectivity index (χ0v) is 13.7. The van der Waals surface area contributed by atoms with Crippen molar-refractivity contribution in [3.63, 3.8) is 0 Å². The van der Waals surface area contributed by atoms with Gasteiger partial charge in [0.1, 0.15) is 0 Å². The summed E-state index contributed by atoms with van der Waals surface area (Å²) < 4.78 is 27.1. The van der Waals surface area contributed by atoms with E-state index >= 15 is 0 Å². The van der Waals surface area contributed by atoms with Crippen molar-refractivity contribution in [3.8, 4) is 0 Å². The number of benzene rings is 1. The van der Waals surface area contributed by atoms with Crippen LogP contribution in [0, 0.1) is 0 Å². The van der Waals surface area contributed by atoms with Crippen molar-refractivity contribution in [2.45, 2.75) is 38.1 Å². The maximum absolute atomic E-state index is 12.2. The van der Waals surface area contributed by atoms with Crippen LogP contribution in [0.1, 0.15) is 37.6 Å². The Kier molecular flexibility index (Phi) is 6.71. The molecule has 1 atom stereocenters. The quantitative estimate of drug-likeness (QED) is 0.749. The van der Waals surface area contributed by atoms with E-state index in [4.69, 9.17) is 0 Å². The average Bonchev–Trinajstić information content (AvgIpc) is 2.44. The second-order valence-corrected chi connectivity index (χ2v) is 7.52. The number of sulfonamides is 1. The number of carbonyl (C=O) groups is 1. The summed E-state index contributed by atoms with van der Waals surface area (Å²) >= 11 is 1.68. The highest BCUT2D eigenvalue weighted by atomic mass is 32.2. The van der Waals surface area contributed by atoms with Gasteiger partial charge in [-0.3, -0.25) is 4.79 Å². The number of hydrogen-bond acceptors (Lipinski definition) is 4. The maximum atomic E-state index is 12.2. The summed E-state index contributed by atoms with van der Waals surface area (Å²) in [4.78, 5) is 11.8. The molecule has 6 heteroatoms. The minimum atomic E-state index is -3.57. The lowest BCUT2D eigenvalue weighted by atomic mass is 10.1. The van der Waals surface area contributed by atoms with Crippen molar-refractivity contribution >= 4 is 27.6 Å². The zero-order valence-electron chi connectivity index (χ0n) is 12.0. The molecule has 1 N–H and O–H groups in total. The van der Waals surface area contributed by atoms with E-state index in [0.717, 1.165) is 11.5 Å². The molecule has 1 aromatic rings. The van der Waals surface area contributed by atoms with Crippen LogP contribution < -0.4 is 4.72 Å². The van der Waals surface area contributed by atoms with E-state index in [-0.39, 0.29) is 16.7 Å². The Morgan fingerprint density at radius 1 is 1.35 bits per heavy atom. The molecule has 0 saturated carbocycles. The van der Waals surface area contributed by atoms with Crippen molar-refractivity contribution in [3.05, 3.63) is 29.8 Å². The van der Waals surface area contributed by atoms with Crippen LogP contribution in [0.2, 0.25) is 0 Å². The van der Waals surface area contributed by atoms with Crippen molar-refractivity contribution in [1.82, 2.24) is 4.72 Å². The highest BCUT2D eigenvalue weighted by Crippen LogP contribution is 2.14. The van der Waals surface area contributed by atoms with E-state index in [1.807, 2.05) is 13.8 Å². The molecule has 0 heterocycles. The largest absolute Gasteiger partial charge is 0.294 e. The molecule has 1 aromatic carbocycles. The number of Topliss-reactive ketones (excluding diaryl/α,β-unsaturated/α-hetero) is 1. The topological polar surface area (TPSA) is 63.2 Å². The second-order valence-electron chi connectivity index (χ2n) is 4.49. The minimum Gasteiger partial charge on any atom is -0.294 e. The summed E-state index contributed by atoms with van der Waals surface area (Å²) in [5.41, 5.74) is 0.436. The molecule has 0 bridgehead atoms. The number of nitrogens with one attached hydrogen (secondary N) is 1. The van der Waals surface area contributed by atoms with Crippen LogP contribution in [-0.2, 0) is 10.0 Å². The Hall–Kier alpha value is -0.850. The van der Waals surface area contributed by atoms with Crippen LogP contribution in [0.25, 0.3) is 0 Å². The first-order chi connectivity index (χ1) is 9.40. The van der Waals surface area contributed by atoms with Crippen molar-refractivity contribution in [1.29, 1.82) is 0 Å². The van der Waals surface area contributed by atoms with Gasteiger partial charge in [0.25, 0.3) is 0 Å². The third kappa shape index (κ3) is 4.92. The van der Waals surface area contributed by atoms with Crippen molar-refractivity contribution in [2.24, 2.45) is 0 Å². The van der Waals surface area contributed by atoms with E-state index in [9.17, 15) is 13.2 Å². The van der Waals surface area contributed by atoms with Gasteiger partial charge < -0.3 is 0 Å². The summed E-state index contributed by atoms with van der Waals surface area (Å²) in [5, 5.41) is 0. The van der Waals surface area contributed by atoms with Gasteiger partial charge >= 0.3 is 0 Å². The second kappa shape index (κ2) is 7.81. The molecule has 20 heavy (non-hydrogen) atoms. The first kappa shape index (κ1) is 17.2. The first-order valence-corrected chi connectivity index (χ1v) is 9.27. The fourth-order valence-corrected chi connectivity index (χ4v) is 3.77. The van der Waals surface area contributed by atoms with Gasteiger partial charge in [0.05, 0.1) is 4.90 Å². The number of rotatable bonds is 8. The van der Waals surface area contributed by atoms with Crippen LogP contribution >= 0.6 is 11.8 Å². The Morgan fingerprint density at radius 2 is 2.05 bits per heavy atom. The third-order valence-corrected chi connectivity index (χ3v) is 5.45.